The number of anilines is 1. The standard InChI is InChI=1S/C22H19F3N4O7S/c1-11-3-4-14(9-15(11)13-8-16(19(26)27-10-13)18-7-12(2)28-35-18)37(32,33)29(17-5-6-34-20(17)30)36-21(31)22(23,24)25/h3-4,7-10,17H,5-6H2,1-2H3,(H2,26,27). The first-order chi connectivity index (χ1) is 17.3. The van der Waals surface area contributed by atoms with E-state index in [2.05, 4.69) is 19.7 Å². The van der Waals surface area contributed by atoms with Crippen LogP contribution in [0.15, 0.2) is 45.9 Å². The van der Waals surface area contributed by atoms with E-state index < -0.39 is 39.1 Å². The molecule has 4 rings (SSSR count). The van der Waals surface area contributed by atoms with E-state index in [4.69, 9.17) is 10.3 Å². The lowest BCUT2D eigenvalue weighted by Crippen LogP contribution is -2.46. The van der Waals surface area contributed by atoms with Gasteiger partial charge in [0, 0.05) is 24.2 Å². The average molecular weight is 540 g/mol. The predicted molar refractivity (Wildman–Crippen MR) is 120 cm³/mol. The zero-order chi connectivity index (χ0) is 27.1. The fourth-order valence-electron chi connectivity index (χ4n) is 3.58. The van der Waals surface area contributed by atoms with E-state index in [1.165, 1.54) is 12.3 Å². The number of aromatic nitrogens is 2. The summed E-state index contributed by atoms with van der Waals surface area (Å²) in [6.45, 7) is 3.10. The number of halogens is 3. The van der Waals surface area contributed by atoms with E-state index in [-0.39, 0.29) is 23.3 Å². The van der Waals surface area contributed by atoms with E-state index in [9.17, 15) is 31.2 Å². The molecule has 1 atom stereocenters. The van der Waals surface area contributed by atoms with Gasteiger partial charge in [-0.25, -0.2) is 18.2 Å². The van der Waals surface area contributed by atoms with Gasteiger partial charge in [0.15, 0.2) is 11.8 Å². The summed E-state index contributed by atoms with van der Waals surface area (Å²) in [6.07, 6.45) is -4.46. The van der Waals surface area contributed by atoms with Crippen molar-refractivity contribution < 1.29 is 45.3 Å². The third-order valence-electron chi connectivity index (χ3n) is 5.43. The van der Waals surface area contributed by atoms with Crippen molar-refractivity contribution in [2.75, 3.05) is 12.3 Å². The van der Waals surface area contributed by atoms with Crippen LogP contribution in [0.5, 0.6) is 0 Å². The predicted octanol–water partition coefficient (Wildman–Crippen LogP) is 2.93. The molecule has 0 spiro atoms. The molecule has 196 valence electrons. The summed E-state index contributed by atoms with van der Waals surface area (Å²) in [5.74, 6) is -3.53. The van der Waals surface area contributed by atoms with E-state index in [1.807, 2.05) is 0 Å². The highest BCUT2D eigenvalue weighted by Crippen LogP contribution is 2.34. The molecule has 3 aromatic rings. The maximum absolute atomic E-state index is 13.4. The van der Waals surface area contributed by atoms with Crippen LogP contribution in [0.2, 0.25) is 0 Å². The molecule has 0 amide bonds. The summed E-state index contributed by atoms with van der Waals surface area (Å²) >= 11 is 0. The maximum Gasteiger partial charge on any atom is 0.492 e. The minimum atomic E-state index is -5.51. The van der Waals surface area contributed by atoms with Crippen molar-refractivity contribution in [3.8, 4) is 22.5 Å². The van der Waals surface area contributed by atoms with Crippen LogP contribution in [-0.2, 0) is 29.2 Å². The molecule has 3 heterocycles. The summed E-state index contributed by atoms with van der Waals surface area (Å²) in [7, 11) is -4.97. The average Bonchev–Trinajstić information content (AvgIpc) is 3.45. The van der Waals surface area contributed by atoms with Crippen molar-refractivity contribution in [1.82, 2.24) is 14.6 Å². The van der Waals surface area contributed by atoms with Crippen LogP contribution in [0.4, 0.5) is 19.0 Å². The molecular weight excluding hydrogens is 521 g/mol. The van der Waals surface area contributed by atoms with Gasteiger partial charge in [-0.2, -0.15) is 13.2 Å². The molecule has 37 heavy (non-hydrogen) atoms. The Hall–Kier alpha value is -3.98. The molecule has 1 aromatic carbocycles. The third-order valence-corrected chi connectivity index (χ3v) is 7.09. The summed E-state index contributed by atoms with van der Waals surface area (Å²) in [4.78, 5) is 31.3. The lowest BCUT2D eigenvalue weighted by molar-refractivity contribution is -0.226. The fourth-order valence-corrected chi connectivity index (χ4v) is 4.98. The van der Waals surface area contributed by atoms with Crippen molar-refractivity contribution in [3.63, 3.8) is 0 Å². The molecule has 2 N–H and O–H groups in total. The number of sulfonamides is 1. The Morgan fingerprint density at radius 2 is 1.92 bits per heavy atom. The Kier molecular flexibility index (Phi) is 6.68. The van der Waals surface area contributed by atoms with Crippen molar-refractivity contribution in [1.29, 1.82) is 0 Å². The summed E-state index contributed by atoms with van der Waals surface area (Å²) in [5.41, 5.74) is 8.22. The van der Waals surface area contributed by atoms with Crippen LogP contribution >= 0.6 is 0 Å². The SMILES string of the molecule is Cc1cc(-c2cc(-c3cc(S(=O)(=O)N(OC(=O)C(F)(F)F)C4CCOC4=O)ccc3C)cnc2N)on1. The highest BCUT2D eigenvalue weighted by molar-refractivity contribution is 7.89. The lowest BCUT2D eigenvalue weighted by atomic mass is 10.00. The number of carbonyl (C=O) groups excluding carboxylic acids is 2. The molecule has 15 heteroatoms. The fraction of sp³-hybridized carbons (Fsp3) is 0.273. The molecule has 2 aromatic heterocycles. The second-order valence-electron chi connectivity index (χ2n) is 8.07. The monoisotopic (exact) mass is 540 g/mol. The van der Waals surface area contributed by atoms with Crippen LogP contribution in [0, 0.1) is 13.8 Å². The molecular formula is C22H19F3N4O7S. The number of hydrogen-bond donors (Lipinski definition) is 1. The number of aryl methyl sites for hydroxylation is 2. The minimum absolute atomic E-state index is 0.117. The molecule has 11 nitrogen and oxygen atoms in total. The summed E-state index contributed by atoms with van der Waals surface area (Å²) in [5, 5.41) is 3.80. The van der Waals surface area contributed by atoms with Gasteiger partial charge in [0.2, 0.25) is 0 Å². The number of hydrogen-bond acceptors (Lipinski definition) is 10. The van der Waals surface area contributed by atoms with Crippen molar-refractivity contribution in [3.05, 3.63) is 47.8 Å². The van der Waals surface area contributed by atoms with E-state index in [1.54, 1.807) is 26.0 Å². The summed E-state index contributed by atoms with van der Waals surface area (Å²) < 4.78 is 75.1. The molecule has 1 fully saturated rings. The van der Waals surface area contributed by atoms with Crippen LogP contribution in [-0.4, -0.2) is 53.8 Å². The van der Waals surface area contributed by atoms with E-state index >= 15 is 0 Å². The number of cyclic esters (lactones) is 1. The number of hydroxylamine groups is 1. The third kappa shape index (κ3) is 5.13. The molecule has 1 aliphatic heterocycles. The van der Waals surface area contributed by atoms with E-state index in [0.29, 0.717) is 33.7 Å². The Labute approximate surface area is 208 Å². The largest absolute Gasteiger partial charge is 0.492 e. The number of nitrogen functional groups attached to an aromatic ring is 1. The van der Waals surface area contributed by atoms with Gasteiger partial charge in [-0.05, 0) is 47.6 Å². The molecule has 1 aliphatic rings. The van der Waals surface area contributed by atoms with Gasteiger partial charge >= 0.3 is 18.1 Å². The molecule has 1 saturated heterocycles. The lowest BCUT2D eigenvalue weighted by Gasteiger charge is -2.24. The zero-order valence-corrected chi connectivity index (χ0v) is 20.1. The first kappa shape index (κ1) is 26.1. The normalized spacial score (nSPS) is 16.2. The second-order valence-corrected chi connectivity index (χ2v) is 9.86. The highest BCUT2D eigenvalue weighted by atomic mass is 32.2. The smallest absolute Gasteiger partial charge is 0.464 e. The van der Waals surface area contributed by atoms with Gasteiger partial charge in [0.25, 0.3) is 10.0 Å². The van der Waals surface area contributed by atoms with Gasteiger partial charge in [-0.3, -0.25) is 4.79 Å². The van der Waals surface area contributed by atoms with Crippen LogP contribution < -0.4 is 5.73 Å². The highest BCUT2D eigenvalue weighted by Gasteiger charge is 2.49. The van der Waals surface area contributed by atoms with Crippen molar-refractivity contribution >= 4 is 27.8 Å². The van der Waals surface area contributed by atoms with Crippen LogP contribution in [0.1, 0.15) is 17.7 Å². The van der Waals surface area contributed by atoms with Crippen LogP contribution in [0.25, 0.3) is 22.5 Å². The first-order valence-corrected chi connectivity index (χ1v) is 12.0. The number of carbonyl (C=O) groups is 2. The molecule has 0 aliphatic carbocycles. The number of benzene rings is 1. The Bertz CT molecular complexity index is 1490. The number of ether oxygens (including phenoxy) is 1. The Morgan fingerprint density at radius 1 is 1.19 bits per heavy atom. The first-order valence-electron chi connectivity index (χ1n) is 10.6. The number of nitrogens with zero attached hydrogens (tertiary/aromatic N) is 3. The van der Waals surface area contributed by atoms with Gasteiger partial charge < -0.3 is 19.8 Å². The van der Waals surface area contributed by atoms with E-state index in [0.717, 1.165) is 12.1 Å². The van der Waals surface area contributed by atoms with Gasteiger partial charge in [0.1, 0.15) is 5.82 Å². The Morgan fingerprint density at radius 3 is 2.51 bits per heavy atom. The van der Waals surface area contributed by atoms with Gasteiger partial charge in [0.05, 0.1) is 22.8 Å². The van der Waals surface area contributed by atoms with Crippen molar-refractivity contribution in [2.24, 2.45) is 0 Å². The van der Waals surface area contributed by atoms with Crippen molar-refractivity contribution in [2.45, 2.75) is 37.4 Å². The topological polar surface area (TPSA) is 155 Å². The quantitative estimate of drug-likeness (QED) is 0.364. The molecule has 0 bridgehead atoms. The minimum Gasteiger partial charge on any atom is -0.464 e. The second kappa shape index (κ2) is 9.48. The Balaban J connectivity index is 1.79. The maximum atomic E-state index is 13.4. The number of rotatable bonds is 6. The number of pyridine rings is 1. The van der Waals surface area contributed by atoms with Gasteiger partial charge in [-0.15, -0.1) is 0 Å². The van der Waals surface area contributed by atoms with Gasteiger partial charge in [-0.1, -0.05) is 11.2 Å². The zero-order valence-electron chi connectivity index (χ0n) is 19.3. The molecule has 1 unspecified atom stereocenters. The summed E-state index contributed by atoms with van der Waals surface area (Å²) in [6, 6.07) is 5.07. The number of nitrogens with two attached hydrogens (primary N) is 1. The molecule has 0 radical (unpaired) electrons. The van der Waals surface area contributed by atoms with Crippen LogP contribution in [0.3, 0.4) is 0 Å². The number of esters is 1. The molecule has 0 saturated carbocycles. The number of alkyl halides is 3.